The molecule has 0 saturated carbocycles. The molecule has 0 atom stereocenters. The molecular weight excluding hydrogens is 354 g/mol. The smallest absolute Gasteiger partial charge is 0.303 e. The Morgan fingerprint density at radius 3 is 2.68 bits per heavy atom. The molecule has 1 N–H and O–H groups in total. The fourth-order valence-corrected chi connectivity index (χ4v) is 3.86. The zero-order valence-corrected chi connectivity index (χ0v) is 15.9. The summed E-state index contributed by atoms with van der Waals surface area (Å²) in [5, 5.41) is 15.3. The van der Waals surface area contributed by atoms with E-state index >= 15 is 0 Å². The number of carbonyl (C=O) groups is 1. The summed E-state index contributed by atoms with van der Waals surface area (Å²) in [5.41, 5.74) is 0.976. The predicted molar refractivity (Wildman–Crippen MR) is 107 cm³/mol. The van der Waals surface area contributed by atoms with E-state index in [-0.39, 0.29) is 6.42 Å². The van der Waals surface area contributed by atoms with Crippen LogP contribution in [0.2, 0.25) is 0 Å². The van der Waals surface area contributed by atoms with Crippen molar-refractivity contribution in [1.82, 2.24) is 15.0 Å². The number of fused-ring (bicyclic) bond motifs is 1. The highest BCUT2D eigenvalue weighted by molar-refractivity contribution is 5.86. The highest BCUT2D eigenvalue weighted by Crippen LogP contribution is 2.29. The van der Waals surface area contributed by atoms with Gasteiger partial charge in [0.1, 0.15) is 0 Å². The minimum absolute atomic E-state index is 0.260. The fourth-order valence-electron chi connectivity index (χ4n) is 3.86. The summed E-state index contributed by atoms with van der Waals surface area (Å²) < 4.78 is 5.59. The molecule has 0 radical (unpaired) electrons. The van der Waals surface area contributed by atoms with Crippen LogP contribution in [-0.4, -0.2) is 45.8 Å². The molecule has 0 bridgehead atoms. The van der Waals surface area contributed by atoms with Gasteiger partial charge in [0.25, 0.3) is 0 Å². The first-order chi connectivity index (χ1) is 13.7. The van der Waals surface area contributed by atoms with Gasteiger partial charge in [-0.3, -0.25) is 4.79 Å². The van der Waals surface area contributed by atoms with Gasteiger partial charge in [-0.2, -0.15) is 4.98 Å². The van der Waals surface area contributed by atoms with E-state index in [9.17, 15) is 4.79 Å². The van der Waals surface area contributed by atoms with E-state index in [2.05, 4.69) is 39.3 Å². The molecule has 6 nitrogen and oxygen atoms in total. The van der Waals surface area contributed by atoms with Crippen molar-refractivity contribution in [2.75, 3.05) is 19.6 Å². The van der Waals surface area contributed by atoms with Crippen LogP contribution in [0.15, 0.2) is 47.0 Å². The lowest BCUT2D eigenvalue weighted by Gasteiger charge is -2.30. The lowest BCUT2D eigenvalue weighted by Crippen LogP contribution is -2.33. The molecule has 28 heavy (non-hydrogen) atoms. The molecule has 1 aromatic heterocycles. The number of carboxylic acid groups (broad SMARTS) is 1. The van der Waals surface area contributed by atoms with Crippen LogP contribution >= 0.6 is 0 Å². The summed E-state index contributed by atoms with van der Waals surface area (Å²) in [4.78, 5) is 17.7. The molecule has 1 fully saturated rings. The third-order valence-corrected chi connectivity index (χ3v) is 5.50. The standard InChI is InChI=1S/C22H25N3O3/c26-20(27)7-3-4-12-25-13-10-17(11-14-25)22-23-21(24-28-22)19-9-8-16-5-1-2-6-18(16)15-19/h1-2,5-6,8-9,15,17H,3-4,7,10-14H2,(H,26,27). The Morgan fingerprint density at radius 1 is 1.11 bits per heavy atom. The maximum atomic E-state index is 10.6. The number of carboxylic acids is 1. The van der Waals surface area contributed by atoms with Gasteiger partial charge in [-0.15, -0.1) is 0 Å². The predicted octanol–water partition coefficient (Wildman–Crippen LogP) is 4.32. The van der Waals surface area contributed by atoms with E-state index in [1.54, 1.807) is 0 Å². The average Bonchev–Trinajstić information content (AvgIpc) is 3.21. The zero-order chi connectivity index (χ0) is 19.3. The number of unbranched alkanes of at least 4 members (excludes halogenated alkanes) is 1. The second-order valence-electron chi connectivity index (χ2n) is 7.48. The van der Waals surface area contributed by atoms with Gasteiger partial charge in [0, 0.05) is 17.9 Å². The normalized spacial score (nSPS) is 15.9. The molecule has 146 valence electrons. The van der Waals surface area contributed by atoms with Crippen LogP contribution in [0, 0.1) is 0 Å². The van der Waals surface area contributed by atoms with Crippen LogP contribution in [0.4, 0.5) is 0 Å². The van der Waals surface area contributed by atoms with Gasteiger partial charge in [0.2, 0.25) is 11.7 Å². The van der Waals surface area contributed by atoms with Crippen molar-refractivity contribution in [3.63, 3.8) is 0 Å². The van der Waals surface area contributed by atoms with Crippen molar-refractivity contribution >= 4 is 16.7 Å². The summed E-state index contributed by atoms with van der Waals surface area (Å²) in [7, 11) is 0. The van der Waals surface area contributed by atoms with E-state index in [1.165, 1.54) is 10.8 Å². The second kappa shape index (κ2) is 8.52. The van der Waals surface area contributed by atoms with Crippen LogP contribution in [-0.2, 0) is 4.79 Å². The van der Waals surface area contributed by atoms with Crippen LogP contribution in [0.1, 0.15) is 43.9 Å². The van der Waals surface area contributed by atoms with Gasteiger partial charge < -0.3 is 14.5 Å². The van der Waals surface area contributed by atoms with Gasteiger partial charge in [-0.1, -0.05) is 41.6 Å². The molecule has 1 aliphatic heterocycles. The summed E-state index contributed by atoms with van der Waals surface area (Å²) in [6, 6.07) is 14.5. The Kier molecular flexibility index (Phi) is 5.67. The number of aromatic nitrogens is 2. The first kappa shape index (κ1) is 18.6. The number of aliphatic carboxylic acids is 1. The molecule has 1 aliphatic rings. The van der Waals surface area contributed by atoms with Gasteiger partial charge in [0.15, 0.2) is 0 Å². The molecular formula is C22H25N3O3. The van der Waals surface area contributed by atoms with Crippen LogP contribution in [0.3, 0.4) is 0 Å². The van der Waals surface area contributed by atoms with E-state index in [0.29, 0.717) is 11.7 Å². The van der Waals surface area contributed by atoms with Crippen molar-refractivity contribution in [1.29, 1.82) is 0 Å². The number of rotatable bonds is 7. The molecule has 3 aromatic rings. The monoisotopic (exact) mass is 379 g/mol. The molecule has 4 rings (SSSR count). The zero-order valence-electron chi connectivity index (χ0n) is 15.9. The molecule has 1 saturated heterocycles. The third-order valence-electron chi connectivity index (χ3n) is 5.50. The van der Waals surface area contributed by atoms with Crippen molar-refractivity contribution in [3.8, 4) is 11.4 Å². The molecule has 6 heteroatoms. The third kappa shape index (κ3) is 4.39. The number of hydrogen-bond donors (Lipinski definition) is 1. The minimum Gasteiger partial charge on any atom is -0.481 e. The summed E-state index contributed by atoms with van der Waals surface area (Å²) in [5.74, 6) is 0.972. The van der Waals surface area contributed by atoms with E-state index in [1.807, 2.05) is 18.2 Å². The van der Waals surface area contributed by atoms with Crippen LogP contribution in [0.5, 0.6) is 0 Å². The molecule has 0 unspecified atom stereocenters. The molecule has 0 amide bonds. The number of piperidine rings is 1. The lowest BCUT2D eigenvalue weighted by molar-refractivity contribution is -0.137. The Labute approximate surface area is 164 Å². The highest BCUT2D eigenvalue weighted by Gasteiger charge is 2.25. The quantitative estimate of drug-likeness (QED) is 0.616. The topological polar surface area (TPSA) is 79.5 Å². The van der Waals surface area contributed by atoms with E-state index in [0.717, 1.165) is 56.8 Å². The summed E-state index contributed by atoms with van der Waals surface area (Å²) in [6.07, 6.45) is 3.93. The largest absolute Gasteiger partial charge is 0.481 e. The van der Waals surface area contributed by atoms with Crippen molar-refractivity contribution < 1.29 is 14.4 Å². The number of hydrogen-bond acceptors (Lipinski definition) is 5. The Bertz CT molecular complexity index is 945. The minimum atomic E-state index is -0.711. The summed E-state index contributed by atoms with van der Waals surface area (Å²) in [6.45, 7) is 2.95. The summed E-state index contributed by atoms with van der Waals surface area (Å²) >= 11 is 0. The fraction of sp³-hybridized carbons (Fsp3) is 0.409. The number of benzene rings is 2. The number of nitrogens with zero attached hydrogens (tertiary/aromatic N) is 3. The first-order valence-corrected chi connectivity index (χ1v) is 9.96. The maximum absolute atomic E-state index is 10.6. The lowest BCUT2D eigenvalue weighted by atomic mass is 9.96. The van der Waals surface area contributed by atoms with Gasteiger partial charge in [-0.25, -0.2) is 0 Å². The second-order valence-corrected chi connectivity index (χ2v) is 7.48. The molecule has 2 aromatic carbocycles. The van der Waals surface area contributed by atoms with Crippen molar-refractivity contribution in [2.45, 2.75) is 38.0 Å². The van der Waals surface area contributed by atoms with Crippen LogP contribution < -0.4 is 0 Å². The van der Waals surface area contributed by atoms with E-state index < -0.39 is 5.97 Å². The molecule has 2 heterocycles. The SMILES string of the molecule is O=C(O)CCCCN1CCC(c2nc(-c3ccc4ccccc4c3)no2)CC1. The Morgan fingerprint density at radius 2 is 1.89 bits per heavy atom. The van der Waals surface area contributed by atoms with Crippen LogP contribution in [0.25, 0.3) is 22.2 Å². The molecule has 0 spiro atoms. The van der Waals surface area contributed by atoms with Gasteiger partial charge in [-0.05, 0) is 62.2 Å². The first-order valence-electron chi connectivity index (χ1n) is 9.96. The van der Waals surface area contributed by atoms with E-state index in [4.69, 9.17) is 9.63 Å². The average molecular weight is 379 g/mol. The maximum Gasteiger partial charge on any atom is 0.303 e. The Hall–Kier alpha value is -2.73. The molecule has 0 aliphatic carbocycles. The Balaban J connectivity index is 1.34. The van der Waals surface area contributed by atoms with Crippen molar-refractivity contribution in [3.05, 3.63) is 48.4 Å². The van der Waals surface area contributed by atoms with Crippen molar-refractivity contribution in [2.24, 2.45) is 0 Å². The highest BCUT2D eigenvalue weighted by atomic mass is 16.5. The van der Waals surface area contributed by atoms with Gasteiger partial charge >= 0.3 is 5.97 Å². The number of likely N-dealkylation sites (tertiary alicyclic amines) is 1. The van der Waals surface area contributed by atoms with Gasteiger partial charge in [0.05, 0.1) is 0 Å².